The topological polar surface area (TPSA) is 61.9 Å². The molecule has 28 heavy (non-hydrogen) atoms. The summed E-state index contributed by atoms with van der Waals surface area (Å²) in [5.74, 6) is 1.50. The van der Waals surface area contributed by atoms with Crippen molar-refractivity contribution in [1.82, 2.24) is 15.1 Å². The summed E-state index contributed by atoms with van der Waals surface area (Å²) in [7, 11) is 0. The highest BCUT2D eigenvalue weighted by Gasteiger charge is 2.42. The molecule has 0 radical (unpaired) electrons. The average molecular weight is 394 g/mol. The van der Waals surface area contributed by atoms with Crippen molar-refractivity contribution in [3.63, 3.8) is 0 Å². The van der Waals surface area contributed by atoms with Crippen LogP contribution in [0.5, 0.6) is 0 Å². The Morgan fingerprint density at radius 2 is 1.89 bits per heavy atom. The number of ether oxygens (including phenoxy) is 1. The largest absolute Gasteiger partial charge is 0.375 e. The molecule has 0 aromatic rings. The monoisotopic (exact) mass is 393 g/mol. The molecule has 2 heterocycles. The van der Waals surface area contributed by atoms with Gasteiger partial charge in [0.1, 0.15) is 0 Å². The number of likely N-dealkylation sites (tertiary alicyclic amines) is 1. The lowest BCUT2D eigenvalue weighted by molar-refractivity contribution is -0.141. The van der Waals surface area contributed by atoms with Crippen LogP contribution in [0.15, 0.2) is 0 Å². The molecule has 1 N–H and O–H groups in total. The SMILES string of the molecule is CCCN(CC1CC1)C(=O)CC1CCOC2(CCN(C(=O)NC(C)C)CC2)C1. The van der Waals surface area contributed by atoms with E-state index in [0.717, 1.165) is 70.8 Å². The molecule has 3 rings (SSSR count). The molecule has 1 unspecified atom stereocenters. The minimum absolute atomic E-state index is 0.0303. The summed E-state index contributed by atoms with van der Waals surface area (Å²) in [6, 6.07) is 0.189. The fourth-order valence-electron chi connectivity index (χ4n) is 4.68. The van der Waals surface area contributed by atoms with Gasteiger partial charge >= 0.3 is 6.03 Å². The van der Waals surface area contributed by atoms with E-state index < -0.39 is 0 Å². The van der Waals surface area contributed by atoms with Crippen molar-refractivity contribution in [2.24, 2.45) is 11.8 Å². The van der Waals surface area contributed by atoms with Crippen LogP contribution in [-0.4, -0.2) is 66.2 Å². The fourth-order valence-corrected chi connectivity index (χ4v) is 4.68. The lowest BCUT2D eigenvalue weighted by atomic mass is 9.78. The van der Waals surface area contributed by atoms with Gasteiger partial charge in [0.25, 0.3) is 0 Å². The predicted octanol–water partition coefficient (Wildman–Crippen LogP) is 3.40. The second-order valence-corrected chi connectivity index (χ2v) is 9.47. The average Bonchev–Trinajstić information content (AvgIpc) is 3.45. The first-order chi connectivity index (χ1) is 13.4. The Labute approximate surface area is 170 Å². The number of hydrogen-bond donors (Lipinski definition) is 1. The van der Waals surface area contributed by atoms with Crippen molar-refractivity contribution in [1.29, 1.82) is 0 Å². The van der Waals surface area contributed by atoms with Gasteiger partial charge in [-0.25, -0.2) is 4.79 Å². The molecule has 6 heteroatoms. The molecular formula is C22H39N3O3. The molecule has 1 saturated carbocycles. The Balaban J connectivity index is 1.49. The second-order valence-electron chi connectivity index (χ2n) is 9.47. The van der Waals surface area contributed by atoms with E-state index in [4.69, 9.17) is 4.74 Å². The number of nitrogens with zero attached hydrogens (tertiary/aromatic N) is 2. The number of hydrogen-bond acceptors (Lipinski definition) is 3. The van der Waals surface area contributed by atoms with E-state index in [1.807, 2.05) is 18.7 Å². The van der Waals surface area contributed by atoms with Crippen LogP contribution in [0.25, 0.3) is 0 Å². The maximum Gasteiger partial charge on any atom is 0.317 e. The molecule has 0 aromatic heterocycles. The Hall–Kier alpha value is -1.30. The van der Waals surface area contributed by atoms with E-state index in [-0.39, 0.29) is 17.7 Å². The van der Waals surface area contributed by atoms with Crippen LogP contribution in [0.4, 0.5) is 4.79 Å². The van der Waals surface area contributed by atoms with E-state index in [1.54, 1.807) is 0 Å². The highest BCUT2D eigenvalue weighted by atomic mass is 16.5. The van der Waals surface area contributed by atoms with Crippen LogP contribution >= 0.6 is 0 Å². The van der Waals surface area contributed by atoms with Gasteiger partial charge in [-0.1, -0.05) is 6.92 Å². The van der Waals surface area contributed by atoms with Crippen molar-refractivity contribution in [3.05, 3.63) is 0 Å². The van der Waals surface area contributed by atoms with Gasteiger partial charge in [0.15, 0.2) is 0 Å². The first kappa shape index (κ1) is 21.4. The Kier molecular flexibility index (Phi) is 7.24. The molecule has 0 aromatic carbocycles. The summed E-state index contributed by atoms with van der Waals surface area (Å²) in [4.78, 5) is 29.2. The smallest absolute Gasteiger partial charge is 0.317 e. The lowest BCUT2D eigenvalue weighted by Crippen LogP contribution is -2.53. The van der Waals surface area contributed by atoms with Crippen molar-refractivity contribution in [3.8, 4) is 0 Å². The fraction of sp³-hybridized carbons (Fsp3) is 0.909. The van der Waals surface area contributed by atoms with Crippen LogP contribution < -0.4 is 5.32 Å². The molecule has 6 nitrogen and oxygen atoms in total. The molecule has 160 valence electrons. The first-order valence-corrected chi connectivity index (χ1v) is 11.4. The van der Waals surface area contributed by atoms with Crippen LogP contribution in [0, 0.1) is 11.8 Å². The number of carbonyl (C=O) groups excluding carboxylic acids is 2. The summed E-state index contributed by atoms with van der Waals surface area (Å²) in [5.41, 5.74) is -0.135. The van der Waals surface area contributed by atoms with Crippen LogP contribution in [0.1, 0.15) is 72.1 Å². The van der Waals surface area contributed by atoms with Crippen molar-refractivity contribution < 1.29 is 14.3 Å². The zero-order valence-corrected chi connectivity index (χ0v) is 18.0. The van der Waals surface area contributed by atoms with Crippen molar-refractivity contribution >= 4 is 11.9 Å². The number of urea groups is 1. The van der Waals surface area contributed by atoms with E-state index in [2.05, 4.69) is 17.1 Å². The summed E-state index contributed by atoms with van der Waals surface area (Å²) < 4.78 is 6.23. The first-order valence-electron chi connectivity index (χ1n) is 11.4. The summed E-state index contributed by atoms with van der Waals surface area (Å²) >= 11 is 0. The van der Waals surface area contributed by atoms with Gasteiger partial charge < -0.3 is 19.9 Å². The van der Waals surface area contributed by atoms with Crippen molar-refractivity contribution in [2.45, 2.75) is 83.8 Å². The minimum Gasteiger partial charge on any atom is -0.375 e. The van der Waals surface area contributed by atoms with Crippen LogP contribution in [0.2, 0.25) is 0 Å². The van der Waals surface area contributed by atoms with Crippen molar-refractivity contribution in [2.75, 3.05) is 32.8 Å². The lowest BCUT2D eigenvalue weighted by Gasteiger charge is -2.46. The normalized spacial score (nSPS) is 24.4. The number of amides is 3. The number of rotatable bonds is 7. The molecule has 2 saturated heterocycles. The zero-order chi connectivity index (χ0) is 20.1. The highest BCUT2D eigenvalue weighted by molar-refractivity contribution is 5.76. The molecular weight excluding hydrogens is 354 g/mol. The molecule has 0 bridgehead atoms. The molecule has 3 amide bonds. The maximum atomic E-state index is 12.9. The molecule has 3 aliphatic rings. The minimum atomic E-state index is -0.135. The van der Waals surface area contributed by atoms with Gasteiger partial charge in [-0.3, -0.25) is 4.79 Å². The Morgan fingerprint density at radius 1 is 1.18 bits per heavy atom. The van der Waals surface area contributed by atoms with E-state index in [0.29, 0.717) is 18.2 Å². The van der Waals surface area contributed by atoms with Gasteiger partial charge in [0, 0.05) is 45.2 Å². The predicted molar refractivity (Wildman–Crippen MR) is 110 cm³/mol. The summed E-state index contributed by atoms with van der Waals surface area (Å²) in [6.45, 7) is 10.2. The van der Waals surface area contributed by atoms with E-state index in [9.17, 15) is 9.59 Å². The number of nitrogens with one attached hydrogen (secondary N) is 1. The molecule has 2 aliphatic heterocycles. The highest BCUT2D eigenvalue weighted by Crippen LogP contribution is 2.39. The number of carbonyl (C=O) groups is 2. The molecule has 1 atom stereocenters. The zero-order valence-electron chi connectivity index (χ0n) is 18.0. The van der Waals surface area contributed by atoms with Gasteiger partial charge in [-0.2, -0.15) is 0 Å². The van der Waals surface area contributed by atoms with Gasteiger partial charge in [-0.05, 0) is 70.6 Å². The number of piperidine rings is 1. The molecule has 1 spiro atoms. The van der Waals surface area contributed by atoms with E-state index in [1.165, 1.54) is 12.8 Å². The molecule has 1 aliphatic carbocycles. The van der Waals surface area contributed by atoms with Gasteiger partial charge in [-0.15, -0.1) is 0 Å². The quantitative estimate of drug-likeness (QED) is 0.721. The van der Waals surface area contributed by atoms with Gasteiger partial charge in [0.05, 0.1) is 5.60 Å². The third-order valence-electron chi connectivity index (χ3n) is 6.45. The maximum absolute atomic E-state index is 12.9. The second kappa shape index (κ2) is 9.47. The van der Waals surface area contributed by atoms with Gasteiger partial charge in [0.2, 0.25) is 5.91 Å². The Bertz CT molecular complexity index is 539. The third-order valence-corrected chi connectivity index (χ3v) is 6.45. The molecule has 3 fully saturated rings. The third kappa shape index (κ3) is 5.85. The summed E-state index contributed by atoms with van der Waals surface area (Å²) in [6.07, 6.45) is 7.97. The Morgan fingerprint density at radius 3 is 2.50 bits per heavy atom. The standard InChI is InChI=1S/C22H39N3O3/c1-4-10-25(16-18-5-6-18)20(26)14-19-7-13-28-22(15-19)8-11-24(12-9-22)21(27)23-17(2)3/h17-19H,4-16H2,1-3H3,(H,23,27). The van der Waals surface area contributed by atoms with Crippen LogP contribution in [0.3, 0.4) is 0 Å². The summed E-state index contributed by atoms with van der Waals surface area (Å²) in [5, 5.41) is 2.98. The van der Waals surface area contributed by atoms with Crippen LogP contribution in [-0.2, 0) is 9.53 Å². The van der Waals surface area contributed by atoms with E-state index >= 15 is 0 Å².